The first-order chi connectivity index (χ1) is 7.42. The van der Waals surface area contributed by atoms with Gasteiger partial charge in [-0.1, -0.05) is 36.0 Å². The van der Waals surface area contributed by atoms with Crippen LogP contribution in [0.5, 0.6) is 0 Å². The van der Waals surface area contributed by atoms with Crippen molar-refractivity contribution in [3.05, 3.63) is 36.0 Å². The molecule has 1 aliphatic carbocycles. The molecular weight excluding hydrogens is 196 g/mol. The Hall–Kier alpha value is -0.820. The molecule has 0 amide bonds. The number of aliphatic hydroxyl groups is 1. The van der Waals surface area contributed by atoms with Gasteiger partial charge >= 0.3 is 0 Å². The maximum atomic E-state index is 10.4. The molecule has 0 heterocycles. The molecule has 0 radical (unpaired) electrons. The van der Waals surface area contributed by atoms with Crippen molar-refractivity contribution >= 4 is 0 Å². The summed E-state index contributed by atoms with van der Waals surface area (Å²) in [7, 11) is 0. The summed E-state index contributed by atoms with van der Waals surface area (Å²) in [6.07, 6.45) is 10.2. The van der Waals surface area contributed by atoms with E-state index in [1.807, 2.05) is 6.92 Å². The Kier molecular flexibility index (Phi) is 4.55. The molecule has 0 aromatic rings. The lowest BCUT2D eigenvalue weighted by Gasteiger charge is -2.33. The highest BCUT2D eigenvalue weighted by Gasteiger charge is 2.30. The Morgan fingerprint density at radius 2 is 2.31 bits per heavy atom. The molecule has 0 saturated carbocycles. The molecule has 0 fully saturated rings. The Morgan fingerprint density at radius 1 is 1.62 bits per heavy atom. The molecule has 0 aliphatic heterocycles. The maximum Gasteiger partial charge on any atom is 0.0685 e. The van der Waals surface area contributed by atoms with Gasteiger partial charge in [-0.05, 0) is 46.5 Å². The predicted octanol–water partition coefficient (Wildman–Crippen LogP) is 4.01. The Bertz CT molecular complexity index is 303. The molecular formula is C15H24O. The summed E-state index contributed by atoms with van der Waals surface area (Å²) in [5, 5.41) is 10.4. The zero-order valence-electron chi connectivity index (χ0n) is 10.8. The molecule has 0 unspecified atom stereocenters. The third kappa shape index (κ3) is 3.97. The van der Waals surface area contributed by atoms with Gasteiger partial charge in [0.05, 0.1) is 5.60 Å². The van der Waals surface area contributed by atoms with E-state index in [1.54, 1.807) is 0 Å². The first-order valence-electron chi connectivity index (χ1n) is 6.13. The van der Waals surface area contributed by atoms with E-state index in [9.17, 15) is 5.11 Å². The highest BCUT2D eigenvalue weighted by molar-refractivity contribution is 5.20. The van der Waals surface area contributed by atoms with Gasteiger partial charge in [0, 0.05) is 5.92 Å². The molecule has 16 heavy (non-hydrogen) atoms. The van der Waals surface area contributed by atoms with E-state index in [0.717, 1.165) is 25.7 Å². The van der Waals surface area contributed by atoms with Crippen molar-refractivity contribution in [2.45, 2.75) is 52.1 Å². The van der Waals surface area contributed by atoms with Crippen LogP contribution >= 0.6 is 0 Å². The molecule has 1 heteroatoms. The van der Waals surface area contributed by atoms with Crippen LogP contribution in [0.4, 0.5) is 0 Å². The van der Waals surface area contributed by atoms with Crippen molar-refractivity contribution < 1.29 is 5.11 Å². The molecule has 0 saturated heterocycles. The van der Waals surface area contributed by atoms with E-state index in [2.05, 4.69) is 38.7 Å². The summed E-state index contributed by atoms with van der Waals surface area (Å²) in [4.78, 5) is 0. The van der Waals surface area contributed by atoms with Crippen molar-refractivity contribution in [1.29, 1.82) is 0 Å². The number of rotatable bonds is 4. The lowest BCUT2D eigenvalue weighted by Crippen LogP contribution is -2.34. The number of hydrogen-bond acceptors (Lipinski definition) is 1. The monoisotopic (exact) mass is 220 g/mol. The minimum atomic E-state index is -0.580. The van der Waals surface area contributed by atoms with Gasteiger partial charge in [-0.25, -0.2) is 0 Å². The SMILES string of the molecule is C=C1C=C[C@H]([C@@](C)(O)CCC=C(C)C)CC1. The highest BCUT2D eigenvalue weighted by atomic mass is 16.3. The molecule has 1 N–H and O–H groups in total. The van der Waals surface area contributed by atoms with Crippen molar-refractivity contribution in [1.82, 2.24) is 0 Å². The standard InChI is InChI=1S/C15H24O/c1-12(2)6-5-11-15(4,16)14-9-7-13(3)8-10-14/h6-7,9,14,16H,3,5,8,10-11H2,1-2,4H3/t14-,15-/m0/s1. The van der Waals surface area contributed by atoms with E-state index < -0.39 is 5.60 Å². The van der Waals surface area contributed by atoms with Crippen LogP contribution < -0.4 is 0 Å². The van der Waals surface area contributed by atoms with Crippen LogP contribution in [0.1, 0.15) is 46.5 Å². The first-order valence-corrected chi connectivity index (χ1v) is 6.13. The Balaban J connectivity index is 2.53. The zero-order valence-corrected chi connectivity index (χ0v) is 10.8. The fraction of sp³-hybridized carbons (Fsp3) is 0.600. The normalized spacial score (nSPS) is 24.0. The van der Waals surface area contributed by atoms with Crippen molar-refractivity contribution in [2.75, 3.05) is 0 Å². The zero-order chi connectivity index (χ0) is 12.2. The topological polar surface area (TPSA) is 20.2 Å². The average Bonchev–Trinajstić information content (AvgIpc) is 2.17. The van der Waals surface area contributed by atoms with Crippen molar-refractivity contribution in [3.8, 4) is 0 Å². The van der Waals surface area contributed by atoms with Crippen molar-refractivity contribution in [3.63, 3.8) is 0 Å². The van der Waals surface area contributed by atoms with Crippen LogP contribution in [0.2, 0.25) is 0 Å². The third-order valence-corrected chi connectivity index (χ3v) is 3.34. The van der Waals surface area contributed by atoms with Gasteiger partial charge in [0.15, 0.2) is 0 Å². The summed E-state index contributed by atoms with van der Waals surface area (Å²) in [6.45, 7) is 10.1. The van der Waals surface area contributed by atoms with Gasteiger partial charge in [-0.2, -0.15) is 0 Å². The average molecular weight is 220 g/mol. The van der Waals surface area contributed by atoms with E-state index in [4.69, 9.17) is 0 Å². The van der Waals surface area contributed by atoms with Crippen LogP contribution in [0.25, 0.3) is 0 Å². The summed E-state index contributed by atoms with van der Waals surface area (Å²) < 4.78 is 0. The fourth-order valence-electron chi connectivity index (χ4n) is 2.13. The van der Waals surface area contributed by atoms with E-state index >= 15 is 0 Å². The quantitative estimate of drug-likeness (QED) is 0.710. The molecule has 1 nitrogen and oxygen atoms in total. The Morgan fingerprint density at radius 3 is 2.81 bits per heavy atom. The van der Waals surface area contributed by atoms with Crippen LogP contribution in [-0.4, -0.2) is 10.7 Å². The van der Waals surface area contributed by atoms with Crippen LogP contribution in [0.3, 0.4) is 0 Å². The molecule has 2 atom stereocenters. The summed E-state index contributed by atoms with van der Waals surface area (Å²) in [6, 6.07) is 0. The second-order valence-corrected chi connectivity index (χ2v) is 5.34. The molecule has 0 aromatic heterocycles. The minimum absolute atomic E-state index is 0.281. The van der Waals surface area contributed by atoms with Crippen LogP contribution in [0.15, 0.2) is 36.0 Å². The van der Waals surface area contributed by atoms with Crippen molar-refractivity contribution in [2.24, 2.45) is 5.92 Å². The minimum Gasteiger partial charge on any atom is -0.390 e. The predicted molar refractivity (Wildman–Crippen MR) is 70.3 cm³/mol. The van der Waals surface area contributed by atoms with E-state index in [1.165, 1.54) is 11.1 Å². The van der Waals surface area contributed by atoms with Gasteiger partial charge in [-0.3, -0.25) is 0 Å². The van der Waals surface area contributed by atoms with Gasteiger partial charge in [0.2, 0.25) is 0 Å². The maximum absolute atomic E-state index is 10.4. The van der Waals surface area contributed by atoms with Gasteiger partial charge in [0.25, 0.3) is 0 Å². The second-order valence-electron chi connectivity index (χ2n) is 5.34. The highest BCUT2D eigenvalue weighted by Crippen LogP contribution is 2.32. The Labute approximate surface area is 99.6 Å². The molecule has 0 spiro atoms. The third-order valence-electron chi connectivity index (χ3n) is 3.34. The van der Waals surface area contributed by atoms with Crippen LogP contribution in [-0.2, 0) is 0 Å². The summed E-state index contributed by atoms with van der Waals surface area (Å²) in [5.74, 6) is 0.281. The lowest BCUT2D eigenvalue weighted by atomic mass is 9.78. The molecule has 0 bridgehead atoms. The number of hydrogen-bond donors (Lipinski definition) is 1. The largest absolute Gasteiger partial charge is 0.390 e. The number of allylic oxidation sites excluding steroid dienone is 4. The summed E-state index contributed by atoms with van der Waals surface area (Å²) >= 11 is 0. The molecule has 1 rings (SSSR count). The van der Waals surface area contributed by atoms with Gasteiger partial charge in [0.1, 0.15) is 0 Å². The second kappa shape index (κ2) is 5.49. The smallest absolute Gasteiger partial charge is 0.0685 e. The first kappa shape index (κ1) is 13.2. The van der Waals surface area contributed by atoms with E-state index in [-0.39, 0.29) is 5.92 Å². The molecule has 90 valence electrons. The molecule has 1 aliphatic rings. The molecule has 0 aromatic carbocycles. The van der Waals surface area contributed by atoms with Gasteiger partial charge in [-0.15, -0.1) is 0 Å². The van der Waals surface area contributed by atoms with E-state index in [0.29, 0.717) is 0 Å². The lowest BCUT2D eigenvalue weighted by molar-refractivity contribution is 0.00667. The van der Waals surface area contributed by atoms with Crippen LogP contribution in [0, 0.1) is 5.92 Å². The fourth-order valence-corrected chi connectivity index (χ4v) is 2.13. The summed E-state index contributed by atoms with van der Waals surface area (Å²) in [5.41, 5.74) is 1.92. The van der Waals surface area contributed by atoms with Gasteiger partial charge < -0.3 is 5.11 Å².